The molecule has 3 aromatic rings. The maximum Gasteiger partial charge on any atom is 0.337 e. The number of azo groups is 1. The van der Waals surface area contributed by atoms with Crippen LogP contribution in [0.2, 0.25) is 5.02 Å². The summed E-state index contributed by atoms with van der Waals surface area (Å²) in [6, 6.07) is 13.1. The van der Waals surface area contributed by atoms with E-state index < -0.39 is 11.5 Å². The van der Waals surface area contributed by atoms with Crippen LogP contribution in [-0.2, 0) is 0 Å². The van der Waals surface area contributed by atoms with Gasteiger partial charge in [-0.3, -0.25) is 9.89 Å². The van der Waals surface area contributed by atoms with E-state index in [2.05, 4.69) is 15.3 Å². The third kappa shape index (κ3) is 3.22. The minimum Gasteiger partial charge on any atom is -0.478 e. The summed E-state index contributed by atoms with van der Waals surface area (Å²) in [5.41, 5.74) is 0.804. The van der Waals surface area contributed by atoms with Crippen molar-refractivity contribution in [1.29, 1.82) is 0 Å². The fourth-order valence-electron chi connectivity index (χ4n) is 2.30. The summed E-state index contributed by atoms with van der Waals surface area (Å²) >= 11 is 6.12. The molecule has 0 spiro atoms. The Kier molecular flexibility index (Phi) is 4.49. The largest absolute Gasteiger partial charge is 0.478 e. The van der Waals surface area contributed by atoms with Gasteiger partial charge in [-0.1, -0.05) is 35.9 Å². The lowest BCUT2D eigenvalue weighted by Crippen LogP contribution is -2.14. The summed E-state index contributed by atoms with van der Waals surface area (Å²) in [5.74, 6) is -1.12. The number of para-hydroxylation sites is 1. The van der Waals surface area contributed by atoms with Gasteiger partial charge in [-0.05, 0) is 31.2 Å². The number of hydrogen-bond donors (Lipinski definition) is 2. The lowest BCUT2D eigenvalue weighted by atomic mass is 10.2. The average Bonchev–Trinajstić information content (AvgIpc) is 2.88. The Labute approximate surface area is 147 Å². The molecule has 0 saturated carbocycles. The van der Waals surface area contributed by atoms with Gasteiger partial charge in [-0.2, -0.15) is 0 Å². The number of carboxylic acid groups (broad SMARTS) is 1. The van der Waals surface area contributed by atoms with Gasteiger partial charge >= 0.3 is 5.97 Å². The van der Waals surface area contributed by atoms with Gasteiger partial charge in [0.25, 0.3) is 5.56 Å². The maximum absolute atomic E-state index is 12.6. The summed E-state index contributed by atoms with van der Waals surface area (Å²) in [4.78, 5) is 23.8. The van der Waals surface area contributed by atoms with Crippen molar-refractivity contribution in [1.82, 2.24) is 9.78 Å². The number of aromatic nitrogens is 2. The Morgan fingerprint density at radius 2 is 1.80 bits per heavy atom. The zero-order valence-corrected chi connectivity index (χ0v) is 13.9. The highest BCUT2D eigenvalue weighted by molar-refractivity contribution is 6.32. The number of hydrogen-bond acceptors (Lipinski definition) is 4. The number of aromatic carboxylic acids is 1. The van der Waals surface area contributed by atoms with Crippen LogP contribution in [0.15, 0.2) is 63.6 Å². The van der Waals surface area contributed by atoms with Gasteiger partial charge in [-0.15, -0.1) is 10.2 Å². The Morgan fingerprint density at radius 3 is 2.52 bits per heavy atom. The molecule has 3 rings (SSSR count). The number of benzene rings is 2. The molecule has 0 radical (unpaired) electrons. The van der Waals surface area contributed by atoms with Gasteiger partial charge in [0, 0.05) is 0 Å². The van der Waals surface area contributed by atoms with Crippen LogP contribution in [0.25, 0.3) is 5.69 Å². The van der Waals surface area contributed by atoms with Crippen LogP contribution in [0.5, 0.6) is 0 Å². The molecular formula is C17H13ClN4O3. The molecule has 7 nitrogen and oxygen atoms in total. The zero-order chi connectivity index (χ0) is 18.0. The summed E-state index contributed by atoms with van der Waals surface area (Å²) in [6.07, 6.45) is 0. The molecule has 2 aromatic carbocycles. The molecule has 0 aliphatic carbocycles. The van der Waals surface area contributed by atoms with E-state index in [0.29, 0.717) is 16.4 Å². The van der Waals surface area contributed by atoms with Crippen LogP contribution in [0.4, 0.5) is 11.4 Å². The molecule has 0 unspecified atom stereocenters. The highest BCUT2D eigenvalue weighted by atomic mass is 35.5. The Hall–Kier alpha value is -3.19. The highest BCUT2D eigenvalue weighted by Gasteiger charge is 2.14. The molecule has 0 amide bonds. The van der Waals surface area contributed by atoms with Gasteiger partial charge in [0.1, 0.15) is 5.69 Å². The maximum atomic E-state index is 12.6. The van der Waals surface area contributed by atoms with Crippen LogP contribution in [0.3, 0.4) is 0 Å². The number of aromatic amines is 1. The third-order valence-electron chi connectivity index (χ3n) is 3.53. The molecule has 0 aliphatic heterocycles. The first-order valence-corrected chi connectivity index (χ1v) is 7.67. The second kappa shape index (κ2) is 6.74. The molecule has 0 saturated heterocycles. The number of H-pyrrole nitrogens is 1. The zero-order valence-electron chi connectivity index (χ0n) is 13.1. The summed E-state index contributed by atoms with van der Waals surface area (Å²) < 4.78 is 1.27. The standard InChI is InChI=1S/C17H13ClN4O3/c1-10-15(20-19-13-8-4-2-6-11(13)17(24)25)16(23)22(21-10)14-9-5-3-7-12(14)18/h2-9,21H,1H3,(H,24,25). The molecule has 2 N–H and O–H groups in total. The first kappa shape index (κ1) is 16.7. The third-order valence-corrected chi connectivity index (χ3v) is 3.85. The second-order valence-electron chi connectivity index (χ2n) is 5.20. The first-order chi connectivity index (χ1) is 12.0. The summed E-state index contributed by atoms with van der Waals surface area (Å²) in [5, 5.41) is 20.3. The SMILES string of the molecule is Cc1[nH]n(-c2ccccc2Cl)c(=O)c1N=Nc1ccccc1C(=O)O. The van der Waals surface area contributed by atoms with Gasteiger partial charge in [0.2, 0.25) is 0 Å². The van der Waals surface area contributed by atoms with E-state index in [1.54, 1.807) is 43.3 Å². The van der Waals surface area contributed by atoms with Crippen LogP contribution in [-0.4, -0.2) is 20.9 Å². The van der Waals surface area contributed by atoms with Gasteiger partial charge in [-0.25, -0.2) is 9.48 Å². The number of nitrogens with zero attached hydrogens (tertiary/aromatic N) is 3. The van der Waals surface area contributed by atoms with Crippen molar-refractivity contribution in [3.05, 3.63) is 75.2 Å². The van der Waals surface area contributed by atoms with Crippen LogP contribution in [0, 0.1) is 6.92 Å². The lowest BCUT2D eigenvalue weighted by Gasteiger charge is -2.02. The Morgan fingerprint density at radius 1 is 1.12 bits per heavy atom. The van der Waals surface area contributed by atoms with Crippen molar-refractivity contribution in [2.45, 2.75) is 6.92 Å². The van der Waals surface area contributed by atoms with Crippen LogP contribution >= 0.6 is 11.6 Å². The van der Waals surface area contributed by atoms with E-state index in [1.807, 2.05) is 0 Å². The van der Waals surface area contributed by atoms with Crippen LogP contribution < -0.4 is 5.56 Å². The van der Waals surface area contributed by atoms with E-state index in [-0.39, 0.29) is 16.9 Å². The molecule has 0 atom stereocenters. The quantitative estimate of drug-likeness (QED) is 0.683. The smallest absolute Gasteiger partial charge is 0.337 e. The van der Waals surface area contributed by atoms with Crippen molar-refractivity contribution in [3.8, 4) is 5.69 Å². The van der Waals surface area contributed by atoms with Gasteiger partial charge < -0.3 is 5.11 Å². The molecule has 1 aromatic heterocycles. The molecule has 0 fully saturated rings. The van der Waals surface area contributed by atoms with E-state index in [0.717, 1.165) is 0 Å². The number of carbonyl (C=O) groups is 1. The van der Waals surface area contributed by atoms with Crippen molar-refractivity contribution in [2.24, 2.45) is 10.2 Å². The predicted octanol–water partition coefficient (Wildman–Crippen LogP) is 4.24. The van der Waals surface area contributed by atoms with Crippen molar-refractivity contribution < 1.29 is 9.90 Å². The van der Waals surface area contributed by atoms with Crippen molar-refractivity contribution in [2.75, 3.05) is 0 Å². The molecular weight excluding hydrogens is 344 g/mol. The second-order valence-corrected chi connectivity index (χ2v) is 5.61. The molecule has 0 aliphatic rings. The fraction of sp³-hybridized carbons (Fsp3) is 0.0588. The number of carboxylic acids is 1. The fourth-order valence-corrected chi connectivity index (χ4v) is 2.52. The molecule has 0 bridgehead atoms. The van der Waals surface area contributed by atoms with Crippen LogP contribution in [0.1, 0.15) is 16.1 Å². The molecule has 8 heteroatoms. The highest BCUT2D eigenvalue weighted by Crippen LogP contribution is 2.24. The Bertz CT molecular complexity index is 1040. The van der Waals surface area contributed by atoms with Crippen molar-refractivity contribution >= 4 is 28.9 Å². The predicted molar refractivity (Wildman–Crippen MR) is 93.7 cm³/mol. The van der Waals surface area contributed by atoms with Crippen molar-refractivity contribution in [3.63, 3.8) is 0 Å². The van der Waals surface area contributed by atoms with E-state index in [1.165, 1.54) is 16.8 Å². The number of nitrogens with one attached hydrogen (secondary N) is 1. The summed E-state index contributed by atoms with van der Waals surface area (Å²) in [6.45, 7) is 1.67. The number of halogens is 1. The monoisotopic (exact) mass is 356 g/mol. The van der Waals surface area contributed by atoms with E-state index in [9.17, 15) is 9.59 Å². The van der Waals surface area contributed by atoms with Gasteiger partial charge in [0.05, 0.1) is 22.0 Å². The normalized spacial score (nSPS) is 11.1. The minimum absolute atomic E-state index is 0.00543. The van der Waals surface area contributed by atoms with E-state index >= 15 is 0 Å². The molecule has 126 valence electrons. The minimum atomic E-state index is -1.12. The Balaban J connectivity index is 2.05. The van der Waals surface area contributed by atoms with Gasteiger partial charge in [0.15, 0.2) is 5.69 Å². The number of rotatable bonds is 4. The molecule has 25 heavy (non-hydrogen) atoms. The summed E-state index contributed by atoms with van der Waals surface area (Å²) in [7, 11) is 0. The number of aryl methyl sites for hydroxylation is 1. The molecule has 1 heterocycles. The lowest BCUT2D eigenvalue weighted by molar-refractivity contribution is 0.0697. The average molecular weight is 357 g/mol. The van der Waals surface area contributed by atoms with E-state index in [4.69, 9.17) is 16.7 Å². The topological polar surface area (TPSA) is 99.8 Å². The first-order valence-electron chi connectivity index (χ1n) is 7.29.